The second kappa shape index (κ2) is 24.1. The minimum Gasteiger partial charge on any atom is -0.480 e. The summed E-state index contributed by atoms with van der Waals surface area (Å²) in [6.45, 7) is 15.5. The lowest BCUT2D eigenvalue weighted by molar-refractivity contribution is -0.309. The molecule has 6 heterocycles. The van der Waals surface area contributed by atoms with Crippen LogP contribution in [-0.4, -0.2) is 210 Å². The zero-order valence-electron chi connectivity index (χ0n) is 44.3. The first-order valence-corrected chi connectivity index (χ1v) is 25.7. The van der Waals surface area contributed by atoms with Gasteiger partial charge in [0.25, 0.3) is 6.10 Å². The minimum atomic E-state index is -5.76. The number of nitrogens with one attached hydrogen (secondary N) is 1. The molecule has 0 radical (unpaired) electrons. The smallest absolute Gasteiger partial charge is 0.434 e. The Balaban J connectivity index is 0.000000223. The van der Waals surface area contributed by atoms with Crippen LogP contribution in [0.25, 0.3) is 0 Å². The lowest BCUT2D eigenvalue weighted by atomic mass is 9.87. The fourth-order valence-electron chi connectivity index (χ4n) is 11.4. The number of nitrogens with zero attached hydrogens (tertiary/aromatic N) is 7. The molecule has 4 unspecified atom stereocenters. The van der Waals surface area contributed by atoms with E-state index in [1.807, 2.05) is 37.9 Å². The highest BCUT2D eigenvalue weighted by Gasteiger charge is 2.60. The van der Waals surface area contributed by atoms with Crippen molar-refractivity contribution in [2.45, 2.75) is 151 Å². The van der Waals surface area contributed by atoms with Crippen LogP contribution in [0, 0.1) is 13.8 Å². The van der Waals surface area contributed by atoms with Crippen molar-refractivity contribution in [1.29, 1.82) is 0 Å². The number of aliphatic hydroxyl groups is 1. The maximum absolute atomic E-state index is 12.8. The molecule has 6 fully saturated rings. The first-order valence-electron chi connectivity index (χ1n) is 25.7. The number of benzene rings is 2. The Morgan fingerprint density at radius 3 is 1.33 bits per heavy atom. The Kier molecular flexibility index (Phi) is 19.3. The number of anilines is 2. The van der Waals surface area contributed by atoms with Gasteiger partial charge in [0.1, 0.15) is 0 Å². The number of rotatable bonds is 13. The number of likely N-dealkylation sites (tertiary alicyclic amines) is 3. The van der Waals surface area contributed by atoms with Crippen molar-refractivity contribution in [1.82, 2.24) is 29.8 Å². The van der Waals surface area contributed by atoms with E-state index >= 15 is 0 Å². The third kappa shape index (κ3) is 15.3. The van der Waals surface area contributed by atoms with Gasteiger partial charge in [-0.05, 0) is 128 Å². The number of aliphatic carboxylic acids is 2. The molecule has 4 bridgehead atoms. The summed E-state index contributed by atoms with van der Waals surface area (Å²) >= 11 is 0. The second-order valence-corrected chi connectivity index (χ2v) is 22.1. The summed E-state index contributed by atoms with van der Waals surface area (Å²) in [6, 6.07) is 14.2. The van der Waals surface area contributed by atoms with Crippen LogP contribution in [0.4, 0.5) is 68.9 Å². The van der Waals surface area contributed by atoms with Crippen molar-refractivity contribution >= 4 is 29.4 Å². The third-order valence-electron chi connectivity index (χ3n) is 16.4. The van der Waals surface area contributed by atoms with E-state index in [0.717, 1.165) is 73.8 Å². The summed E-state index contributed by atoms with van der Waals surface area (Å²) < 4.78 is 147. The Morgan fingerprint density at radius 2 is 1.01 bits per heavy atom. The highest BCUT2D eigenvalue weighted by molar-refractivity contribution is 5.70. The van der Waals surface area contributed by atoms with Crippen molar-refractivity contribution < 1.29 is 87.1 Å². The molecular weight excluding hydrogens is 1060 g/mol. The molecule has 0 aliphatic carbocycles. The number of hydrogen-bond donors (Lipinski definition) is 4. The molecule has 27 heteroatoms. The topological polar surface area (TPSA) is 156 Å². The van der Waals surface area contributed by atoms with Gasteiger partial charge in [0, 0.05) is 99.0 Å². The van der Waals surface area contributed by atoms with Gasteiger partial charge >= 0.3 is 42.7 Å². The van der Waals surface area contributed by atoms with Crippen molar-refractivity contribution in [2.75, 3.05) is 89.3 Å². The lowest BCUT2D eigenvalue weighted by Gasteiger charge is -2.45. The Labute approximate surface area is 445 Å². The molecule has 4 N–H and O–H groups in total. The van der Waals surface area contributed by atoms with Crippen LogP contribution in [0.2, 0.25) is 0 Å². The number of alkyl halides is 12. The zero-order chi connectivity index (χ0) is 58.1. The van der Waals surface area contributed by atoms with E-state index in [0.29, 0.717) is 38.0 Å². The number of aliphatic hydroxyl groups excluding tert-OH is 1. The van der Waals surface area contributed by atoms with Gasteiger partial charge in [0.05, 0.1) is 13.1 Å². The van der Waals surface area contributed by atoms with Crippen molar-refractivity contribution in [3.05, 3.63) is 58.7 Å². The summed E-state index contributed by atoms with van der Waals surface area (Å²) in [5, 5.41) is 29.3. The van der Waals surface area contributed by atoms with E-state index in [1.165, 1.54) is 29.7 Å². The van der Waals surface area contributed by atoms with E-state index < -0.39 is 60.5 Å². The summed E-state index contributed by atoms with van der Waals surface area (Å²) in [5.74, 6) is -1.56. The number of carbonyl (C=O) groups is 3. The highest BCUT2D eigenvalue weighted by atomic mass is 19.4. The van der Waals surface area contributed by atoms with Gasteiger partial charge in [0.15, 0.2) is 0 Å². The zero-order valence-corrected chi connectivity index (χ0v) is 44.3. The number of piperazine rings is 2. The molecule has 6 aliphatic rings. The lowest BCUT2D eigenvalue weighted by Crippen LogP contribution is -2.54. The van der Waals surface area contributed by atoms with Gasteiger partial charge in [-0.3, -0.25) is 29.2 Å². The van der Waals surface area contributed by atoms with Gasteiger partial charge < -0.3 is 40.1 Å². The Hall–Kier alpha value is -4.83. The minimum absolute atomic E-state index is 0.0222. The van der Waals surface area contributed by atoms with Crippen LogP contribution in [-0.2, 0) is 27.4 Å². The number of hydrogen-bond acceptors (Lipinski definition) is 12. The van der Waals surface area contributed by atoms with E-state index in [-0.39, 0.29) is 43.8 Å². The maximum Gasteiger partial charge on any atom is 0.434 e. The number of ether oxygens (including phenoxy) is 1. The predicted octanol–water partition coefficient (Wildman–Crippen LogP) is 7.65. The van der Waals surface area contributed by atoms with Crippen LogP contribution in [0.5, 0.6) is 0 Å². The number of carbonyl (C=O) groups excluding carboxylic acids is 1. The molecule has 0 aromatic heterocycles. The average molecular weight is 1140 g/mol. The van der Waals surface area contributed by atoms with Gasteiger partial charge in [0.2, 0.25) is 6.10 Å². The fourth-order valence-corrected chi connectivity index (χ4v) is 11.4. The van der Waals surface area contributed by atoms with Gasteiger partial charge in [-0.25, -0.2) is 4.79 Å². The van der Waals surface area contributed by atoms with Crippen LogP contribution >= 0.6 is 0 Å². The molecule has 8 rings (SSSR count). The number of amides is 1. The number of carboxylic acid groups (broad SMARTS) is 2. The van der Waals surface area contributed by atoms with Crippen LogP contribution in [0.15, 0.2) is 36.4 Å². The Morgan fingerprint density at radius 1 is 0.628 bits per heavy atom. The van der Waals surface area contributed by atoms with Gasteiger partial charge in [-0.2, -0.15) is 52.7 Å². The highest BCUT2D eigenvalue weighted by Crippen LogP contribution is 2.41. The molecule has 0 spiro atoms. The number of piperidine rings is 2. The van der Waals surface area contributed by atoms with Crippen LogP contribution in [0.1, 0.15) is 74.6 Å². The second-order valence-electron chi connectivity index (χ2n) is 22.1. The predicted molar refractivity (Wildman–Crippen MR) is 263 cm³/mol. The average Bonchev–Trinajstić information content (AvgIpc) is 4.22. The van der Waals surface area contributed by atoms with Crippen molar-refractivity contribution in [3.63, 3.8) is 0 Å². The number of carboxylic acids is 2. The normalized spacial score (nSPS) is 23.5. The molecule has 15 nitrogen and oxygen atoms in total. The summed E-state index contributed by atoms with van der Waals surface area (Å²) in [6.07, 6.45) is -27.8. The van der Waals surface area contributed by atoms with Crippen LogP contribution < -0.4 is 15.1 Å². The summed E-state index contributed by atoms with van der Waals surface area (Å²) in [4.78, 5) is 49.0. The van der Waals surface area contributed by atoms with Gasteiger partial charge in [-0.1, -0.05) is 24.3 Å². The maximum atomic E-state index is 12.8. The van der Waals surface area contributed by atoms with E-state index in [2.05, 4.69) is 79.7 Å². The van der Waals surface area contributed by atoms with E-state index in [4.69, 9.17) is 10.2 Å². The third-order valence-corrected chi connectivity index (χ3v) is 16.4. The van der Waals surface area contributed by atoms with Crippen LogP contribution in [0.3, 0.4) is 0 Å². The first kappa shape index (κ1) is 62.4. The summed E-state index contributed by atoms with van der Waals surface area (Å²) in [7, 11) is 4.17. The molecule has 6 aliphatic heterocycles. The molecular formula is C51H70F12N8O7. The van der Waals surface area contributed by atoms with E-state index in [9.17, 15) is 72.2 Å². The quantitative estimate of drug-likeness (QED) is 0.145. The number of halogens is 12. The molecule has 440 valence electrons. The fraction of sp³-hybridized carbons (Fsp3) is 0.706. The molecule has 6 saturated heterocycles. The summed E-state index contributed by atoms with van der Waals surface area (Å²) in [5.41, 5.74) is 7.04. The standard InChI is InChI=1S/C26H34F6N4O4.C22H34N4O2.C3H2F6O/c1-16-4-5-17(20(10-16)36-14-18-11-19(36)13-35(18)15-21(37)38)12-33(3)24(2)6-8-34(9-7-24)23(39)40-22(25(27,28)29)26(30,31)32;1-16-4-5-17(12-24(3)22(2)6-8-23-9-7-22)20(10-16)26-14-18-11-19(26)13-25(18)15-21(27)28;4-2(5,6)1(10)3(7,8)9/h4-5,10,18-19,22H,6-9,11-15H2,1-3H3,(H,37,38);4-5,10,18-19,23H,6-9,11-15H2,1-3H3,(H,27,28);1,10H. The first-order chi connectivity index (χ1) is 36.0. The molecule has 4 atom stereocenters. The number of aryl methyl sites for hydroxylation is 2. The SMILES string of the molecule is Cc1ccc(CN(C)C2(C)CCN(C(=O)OC(C(F)(F)F)C(F)(F)F)CC2)c(N2CC3CC2CN3CC(=O)O)c1.Cc1ccc(CN(C)C2(C)CCNCC2)c(N2CC3CC2CN3CC(=O)O)c1.OC(C(F)(F)F)C(F)(F)F. The van der Waals surface area contributed by atoms with Crippen molar-refractivity contribution in [2.24, 2.45) is 0 Å². The molecule has 2 aromatic carbocycles. The van der Waals surface area contributed by atoms with Gasteiger partial charge in [-0.15, -0.1) is 0 Å². The molecule has 1 amide bonds. The molecule has 2 aromatic rings. The Bertz CT molecular complexity index is 2370. The molecule has 78 heavy (non-hydrogen) atoms. The molecule has 0 saturated carbocycles. The monoisotopic (exact) mass is 1130 g/mol. The number of fused-ring (bicyclic) bond motifs is 4. The van der Waals surface area contributed by atoms with E-state index in [1.54, 1.807) is 0 Å². The largest absolute Gasteiger partial charge is 0.480 e. The van der Waals surface area contributed by atoms with Crippen molar-refractivity contribution in [3.8, 4) is 0 Å².